The average Bonchev–Trinajstić information content (AvgIpc) is 2.74. The number of carbonyl (C=O) groups excluding carboxylic acids is 2. The molecule has 0 spiro atoms. The predicted molar refractivity (Wildman–Crippen MR) is 114 cm³/mol. The standard InChI is InChI=1S/C24H29FN2O3/c1-16(2)18-6-10-22(11-7-18)30-17(3)24(29)27-14-12-21(13-15-27)26-23(28)19-4-8-20(25)9-5-19/h4-11,16-17,21H,12-15H2,1-3H3,(H,26,28). The van der Waals surface area contributed by atoms with E-state index in [1.54, 1.807) is 11.8 Å². The highest BCUT2D eigenvalue weighted by Crippen LogP contribution is 2.20. The Morgan fingerprint density at radius 3 is 2.17 bits per heavy atom. The largest absolute Gasteiger partial charge is 0.481 e. The maximum atomic E-state index is 13.0. The van der Waals surface area contributed by atoms with E-state index in [0.717, 1.165) is 0 Å². The number of halogens is 1. The fourth-order valence-electron chi connectivity index (χ4n) is 3.56. The molecular weight excluding hydrogens is 383 g/mol. The van der Waals surface area contributed by atoms with Gasteiger partial charge in [-0.1, -0.05) is 26.0 Å². The van der Waals surface area contributed by atoms with Gasteiger partial charge in [0.25, 0.3) is 11.8 Å². The summed E-state index contributed by atoms with van der Waals surface area (Å²) in [5.41, 5.74) is 1.66. The summed E-state index contributed by atoms with van der Waals surface area (Å²) in [5, 5.41) is 2.97. The lowest BCUT2D eigenvalue weighted by Crippen LogP contribution is -2.49. The van der Waals surface area contributed by atoms with Crippen LogP contribution < -0.4 is 10.1 Å². The van der Waals surface area contributed by atoms with Crippen LogP contribution in [0.1, 0.15) is 55.5 Å². The maximum Gasteiger partial charge on any atom is 0.263 e. The molecule has 3 rings (SSSR count). The van der Waals surface area contributed by atoms with Crippen molar-refractivity contribution >= 4 is 11.8 Å². The van der Waals surface area contributed by atoms with Crippen molar-refractivity contribution in [2.45, 2.75) is 51.7 Å². The lowest BCUT2D eigenvalue weighted by molar-refractivity contribution is -0.139. The van der Waals surface area contributed by atoms with Gasteiger partial charge >= 0.3 is 0 Å². The van der Waals surface area contributed by atoms with E-state index in [1.165, 1.54) is 29.8 Å². The van der Waals surface area contributed by atoms with Crippen LogP contribution >= 0.6 is 0 Å². The van der Waals surface area contributed by atoms with Gasteiger partial charge in [-0.05, 0) is 67.6 Å². The molecule has 0 radical (unpaired) electrons. The number of ether oxygens (including phenoxy) is 1. The summed E-state index contributed by atoms with van der Waals surface area (Å²) >= 11 is 0. The van der Waals surface area contributed by atoms with Crippen LogP contribution in [0, 0.1) is 5.82 Å². The first-order valence-corrected chi connectivity index (χ1v) is 10.5. The maximum absolute atomic E-state index is 13.0. The average molecular weight is 413 g/mol. The zero-order valence-corrected chi connectivity index (χ0v) is 17.7. The quantitative estimate of drug-likeness (QED) is 0.776. The number of likely N-dealkylation sites (tertiary alicyclic amines) is 1. The predicted octanol–water partition coefficient (Wildman–Crippen LogP) is 4.14. The molecule has 0 bridgehead atoms. The molecule has 1 aliphatic rings. The minimum Gasteiger partial charge on any atom is -0.481 e. The molecule has 5 nitrogen and oxygen atoms in total. The Morgan fingerprint density at radius 2 is 1.60 bits per heavy atom. The van der Waals surface area contributed by atoms with Gasteiger partial charge in [0.05, 0.1) is 0 Å². The van der Waals surface area contributed by atoms with Crippen molar-refractivity contribution < 1.29 is 18.7 Å². The van der Waals surface area contributed by atoms with Crippen LogP contribution in [0.4, 0.5) is 4.39 Å². The SMILES string of the molecule is CC(Oc1ccc(C(C)C)cc1)C(=O)N1CCC(NC(=O)c2ccc(F)cc2)CC1. The number of piperidine rings is 1. The van der Waals surface area contributed by atoms with Gasteiger partial charge in [0.1, 0.15) is 11.6 Å². The third kappa shape index (κ3) is 5.59. The fraction of sp³-hybridized carbons (Fsp3) is 0.417. The molecule has 0 aromatic heterocycles. The second-order valence-corrected chi connectivity index (χ2v) is 8.06. The number of hydrogen-bond donors (Lipinski definition) is 1. The summed E-state index contributed by atoms with van der Waals surface area (Å²) in [6.45, 7) is 7.16. The lowest BCUT2D eigenvalue weighted by Gasteiger charge is -2.33. The third-order valence-corrected chi connectivity index (χ3v) is 5.46. The molecule has 1 saturated heterocycles. The van der Waals surface area contributed by atoms with E-state index in [0.29, 0.717) is 43.2 Å². The van der Waals surface area contributed by atoms with E-state index in [9.17, 15) is 14.0 Å². The number of nitrogens with zero attached hydrogens (tertiary/aromatic N) is 1. The van der Waals surface area contributed by atoms with Gasteiger partial charge in [0.15, 0.2) is 6.10 Å². The Balaban J connectivity index is 1.47. The van der Waals surface area contributed by atoms with Crippen molar-refractivity contribution in [2.24, 2.45) is 0 Å². The van der Waals surface area contributed by atoms with Crippen LogP contribution in [0.25, 0.3) is 0 Å². The Kier molecular flexibility index (Phi) is 7.08. The molecule has 2 aromatic carbocycles. The van der Waals surface area contributed by atoms with E-state index < -0.39 is 6.10 Å². The number of rotatable bonds is 6. The summed E-state index contributed by atoms with van der Waals surface area (Å²) in [6, 6.07) is 13.3. The summed E-state index contributed by atoms with van der Waals surface area (Å²) in [6.07, 6.45) is 0.781. The Morgan fingerprint density at radius 1 is 1.00 bits per heavy atom. The highest BCUT2D eigenvalue weighted by Gasteiger charge is 2.28. The second-order valence-electron chi connectivity index (χ2n) is 8.06. The van der Waals surface area contributed by atoms with E-state index in [4.69, 9.17) is 4.74 Å². The number of nitrogens with one attached hydrogen (secondary N) is 1. The Bertz CT molecular complexity index is 857. The summed E-state index contributed by atoms with van der Waals surface area (Å²) in [7, 11) is 0. The van der Waals surface area contributed by atoms with Gasteiger partial charge in [0.2, 0.25) is 0 Å². The van der Waals surface area contributed by atoms with Gasteiger partial charge in [0, 0.05) is 24.7 Å². The van der Waals surface area contributed by atoms with Crippen molar-refractivity contribution in [1.29, 1.82) is 0 Å². The summed E-state index contributed by atoms with van der Waals surface area (Å²) in [4.78, 5) is 26.8. The zero-order valence-electron chi connectivity index (χ0n) is 17.7. The van der Waals surface area contributed by atoms with E-state index >= 15 is 0 Å². The Labute approximate surface area is 177 Å². The van der Waals surface area contributed by atoms with E-state index in [-0.39, 0.29) is 23.7 Å². The first kappa shape index (κ1) is 21.8. The fourth-order valence-corrected chi connectivity index (χ4v) is 3.56. The molecule has 2 amide bonds. The molecule has 0 aliphatic carbocycles. The van der Waals surface area contributed by atoms with Gasteiger partial charge in [-0.25, -0.2) is 4.39 Å². The molecule has 0 saturated carbocycles. The van der Waals surface area contributed by atoms with Crippen LogP contribution in [0.15, 0.2) is 48.5 Å². The topological polar surface area (TPSA) is 58.6 Å². The molecule has 1 N–H and O–H groups in total. The highest BCUT2D eigenvalue weighted by molar-refractivity contribution is 5.94. The molecule has 1 unspecified atom stereocenters. The van der Waals surface area contributed by atoms with Gasteiger partial charge < -0.3 is 15.0 Å². The molecule has 30 heavy (non-hydrogen) atoms. The summed E-state index contributed by atoms with van der Waals surface area (Å²) in [5.74, 6) is 0.489. The minimum atomic E-state index is -0.569. The molecule has 1 fully saturated rings. The zero-order chi connectivity index (χ0) is 21.7. The molecule has 2 aromatic rings. The van der Waals surface area contributed by atoms with Crippen LogP contribution in [-0.4, -0.2) is 41.9 Å². The van der Waals surface area contributed by atoms with Crippen molar-refractivity contribution in [3.05, 3.63) is 65.5 Å². The first-order valence-electron chi connectivity index (χ1n) is 10.5. The summed E-state index contributed by atoms with van der Waals surface area (Å²) < 4.78 is 18.8. The first-order chi connectivity index (χ1) is 14.3. The number of amides is 2. The van der Waals surface area contributed by atoms with Crippen molar-refractivity contribution in [3.8, 4) is 5.75 Å². The van der Waals surface area contributed by atoms with Gasteiger partial charge in [-0.15, -0.1) is 0 Å². The smallest absolute Gasteiger partial charge is 0.263 e. The third-order valence-electron chi connectivity index (χ3n) is 5.46. The van der Waals surface area contributed by atoms with Crippen LogP contribution in [0.3, 0.4) is 0 Å². The molecule has 160 valence electrons. The molecule has 1 aliphatic heterocycles. The number of hydrogen-bond acceptors (Lipinski definition) is 3. The van der Waals surface area contributed by atoms with Crippen LogP contribution in [0.5, 0.6) is 5.75 Å². The van der Waals surface area contributed by atoms with Crippen molar-refractivity contribution in [1.82, 2.24) is 10.2 Å². The molecule has 1 atom stereocenters. The second kappa shape index (κ2) is 9.74. The molecular formula is C24H29FN2O3. The normalized spacial score (nSPS) is 15.7. The van der Waals surface area contributed by atoms with Crippen LogP contribution in [-0.2, 0) is 4.79 Å². The van der Waals surface area contributed by atoms with E-state index in [1.807, 2.05) is 24.3 Å². The van der Waals surface area contributed by atoms with Gasteiger partial charge in [-0.2, -0.15) is 0 Å². The Hall–Kier alpha value is -2.89. The monoisotopic (exact) mass is 412 g/mol. The van der Waals surface area contributed by atoms with Crippen LogP contribution in [0.2, 0.25) is 0 Å². The van der Waals surface area contributed by atoms with Gasteiger partial charge in [-0.3, -0.25) is 9.59 Å². The molecule has 6 heteroatoms. The lowest BCUT2D eigenvalue weighted by atomic mass is 10.0. The molecule has 1 heterocycles. The minimum absolute atomic E-state index is 0.00796. The number of carbonyl (C=O) groups is 2. The highest BCUT2D eigenvalue weighted by atomic mass is 19.1. The van der Waals surface area contributed by atoms with E-state index in [2.05, 4.69) is 19.2 Å². The van der Waals surface area contributed by atoms with Crippen molar-refractivity contribution in [3.63, 3.8) is 0 Å². The number of benzene rings is 2. The van der Waals surface area contributed by atoms with Crippen molar-refractivity contribution in [2.75, 3.05) is 13.1 Å².